The number of benzene rings is 1. The maximum Gasteiger partial charge on any atom is 0.125 e. The van der Waals surface area contributed by atoms with Crippen molar-refractivity contribution in [2.24, 2.45) is 11.8 Å². The molecule has 1 aromatic carbocycles. The molecular weight excluding hydrogens is 248 g/mol. The minimum atomic E-state index is 0.261. The molecule has 0 radical (unpaired) electrons. The van der Waals surface area contributed by atoms with Gasteiger partial charge >= 0.3 is 0 Å². The van der Waals surface area contributed by atoms with E-state index in [1.54, 1.807) is 0 Å². The molecule has 1 aliphatic rings. The van der Waals surface area contributed by atoms with E-state index in [9.17, 15) is 0 Å². The normalized spacial score (nSPS) is 15.6. The zero-order valence-corrected chi connectivity index (χ0v) is 11.8. The van der Waals surface area contributed by atoms with E-state index in [1.165, 1.54) is 11.1 Å². The van der Waals surface area contributed by atoms with Gasteiger partial charge in [-0.25, -0.2) is 0 Å². The molecule has 4 heteroatoms. The number of nitrogens with one attached hydrogen (secondary N) is 1. The van der Waals surface area contributed by atoms with E-state index in [2.05, 4.69) is 19.3 Å². The molecule has 1 atom stereocenters. The third-order valence-electron chi connectivity index (χ3n) is 3.28. The summed E-state index contributed by atoms with van der Waals surface area (Å²) in [6, 6.07) is 4.26. The van der Waals surface area contributed by atoms with Crippen molar-refractivity contribution in [3.63, 3.8) is 0 Å². The van der Waals surface area contributed by atoms with Crippen molar-refractivity contribution in [1.29, 1.82) is 0 Å². The van der Waals surface area contributed by atoms with Crippen molar-refractivity contribution in [1.82, 2.24) is 5.43 Å². The second kappa shape index (κ2) is 5.91. The fourth-order valence-corrected chi connectivity index (χ4v) is 2.81. The van der Waals surface area contributed by atoms with Crippen LogP contribution in [0, 0.1) is 5.92 Å². The summed E-state index contributed by atoms with van der Waals surface area (Å²) in [5.41, 5.74) is 5.28. The topological polar surface area (TPSA) is 47.3 Å². The molecule has 0 saturated carbocycles. The van der Waals surface area contributed by atoms with Gasteiger partial charge in [0, 0.05) is 17.5 Å². The Morgan fingerprint density at radius 1 is 1.44 bits per heavy atom. The first-order chi connectivity index (χ1) is 8.60. The summed E-state index contributed by atoms with van der Waals surface area (Å²) < 4.78 is 5.71. The third-order valence-corrected chi connectivity index (χ3v) is 3.50. The van der Waals surface area contributed by atoms with E-state index in [-0.39, 0.29) is 6.04 Å². The average molecular weight is 269 g/mol. The van der Waals surface area contributed by atoms with Gasteiger partial charge in [0.1, 0.15) is 5.75 Å². The highest BCUT2D eigenvalue weighted by Crippen LogP contribution is 2.33. The van der Waals surface area contributed by atoms with Crippen molar-refractivity contribution in [3.8, 4) is 5.75 Å². The highest BCUT2D eigenvalue weighted by molar-refractivity contribution is 6.30. The largest absolute Gasteiger partial charge is 0.493 e. The van der Waals surface area contributed by atoms with Crippen LogP contribution >= 0.6 is 11.6 Å². The second-order valence-corrected chi connectivity index (χ2v) is 5.79. The summed E-state index contributed by atoms with van der Waals surface area (Å²) >= 11 is 6.15. The van der Waals surface area contributed by atoms with E-state index < -0.39 is 0 Å². The predicted octanol–water partition coefficient (Wildman–Crippen LogP) is 2.70. The monoisotopic (exact) mass is 268 g/mol. The summed E-state index contributed by atoms with van der Waals surface area (Å²) in [4.78, 5) is 0. The van der Waals surface area contributed by atoms with E-state index >= 15 is 0 Å². The lowest BCUT2D eigenvalue weighted by Gasteiger charge is -2.19. The highest BCUT2D eigenvalue weighted by Gasteiger charge is 2.20. The Bertz CT molecular complexity index is 421. The van der Waals surface area contributed by atoms with Crippen molar-refractivity contribution >= 4 is 11.6 Å². The van der Waals surface area contributed by atoms with E-state index in [0.717, 1.165) is 36.6 Å². The first-order valence-corrected chi connectivity index (χ1v) is 6.88. The summed E-state index contributed by atoms with van der Waals surface area (Å²) in [6.45, 7) is 5.15. The Hall–Kier alpha value is -0.770. The fourth-order valence-electron chi connectivity index (χ4n) is 2.54. The molecule has 1 unspecified atom stereocenters. The van der Waals surface area contributed by atoms with Crippen LogP contribution in [0.3, 0.4) is 0 Å². The lowest BCUT2D eigenvalue weighted by atomic mass is 9.96. The van der Waals surface area contributed by atoms with Gasteiger partial charge in [0.2, 0.25) is 0 Å². The first-order valence-electron chi connectivity index (χ1n) is 6.50. The molecular formula is C14H21ClN2O. The molecule has 2 rings (SSSR count). The van der Waals surface area contributed by atoms with Crippen LogP contribution < -0.4 is 16.0 Å². The number of halogens is 1. The number of fused-ring (bicyclic) bond motifs is 1. The SMILES string of the molecule is CC(C)CC(Cc1cc(Cl)cc2c1OCC2)NN. The van der Waals surface area contributed by atoms with Gasteiger partial charge in [-0.15, -0.1) is 0 Å². The fraction of sp³-hybridized carbons (Fsp3) is 0.571. The van der Waals surface area contributed by atoms with E-state index in [1.807, 2.05) is 12.1 Å². The molecule has 0 aliphatic carbocycles. The zero-order valence-electron chi connectivity index (χ0n) is 11.0. The second-order valence-electron chi connectivity index (χ2n) is 5.35. The summed E-state index contributed by atoms with van der Waals surface area (Å²) in [6.07, 6.45) is 2.85. The van der Waals surface area contributed by atoms with Crippen molar-refractivity contribution in [2.45, 2.75) is 39.2 Å². The molecule has 18 heavy (non-hydrogen) atoms. The average Bonchev–Trinajstić information content (AvgIpc) is 2.75. The van der Waals surface area contributed by atoms with Gasteiger partial charge in [-0.2, -0.15) is 0 Å². The number of hydrazine groups is 1. The standard InChI is InChI=1S/C14H21ClN2O/c1-9(2)5-13(17-16)8-11-7-12(15)6-10-3-4-18-14(10)11/h6-7,9,13,17H,3-5,8,16H2,1-2H3. The molecule has 1 heterocycles. The molecule has 100 valence electrons. The minimum absolute atomic E-state index is 0.261. The van der Waals surface area contributed by atoms with Gasteiger partial charge in [0.15, 0.2) is 0 Å². The van der Waals surface area contributed by atoms with E-state index in [0.29, 0.717) is 5.92 Å². The van der Waals surface area contributed by atoms with Crippen molar-refractivity contribution in [3.05, 3.63) is 28.3 Å². The Morgan fingerprint density at radius 2 is 2.22 bits per heavy atom. The van der Waals surface area contributed by atoms with E-state index in [4.69, 9.17) is 22.2 Å². The maximum absolute atomic E-state index is 6.15. The Labute approximate surface area is 114 Å². The molecule has 1 aliphatic heterocycles. The first kappa shape index (κ1) is 13.7. The number of ether oxygens (including phenoxy) is 1. The van der Waals surface area contributed by atoms with Crippen LogP contribution in [-0.4, -0.2) is 12.6 Å². The smallest absolute Gasteiger partial charge is 0.125 e. The van der Waals surface area contributed by atoms with Gasteiger partial charge in [0.05, 0.1) is 6.61 Å². The lowest BCUT2D eigenvalue weighted by molar-refractivity contribution is 0.349. The zero-order chi connectivity index (χ0) is 13.1. The van der Waals surface area contributed by atoms with Crippen LogP contribution in [0.2, 0.25) is 5.02 Å². The van der Waals surface area contributed by atoms with Crippen molar-refractivity contribution in [2.75, 3.05) is 6.61 Å². The van der Waals surface area contributed by atoms with Crippen LogP contribution in [0.4, 0.5) is 0 Å². The van der Waals surface area contributed by atoms with Crippen LogP contribution in [-0.2, 0) is 12.8 Å². The van der Waals surface area contributed by atoms with Gasteiger partial charge in [0.25, 0.3) is 0 Å². The van der Waals surface area contributed by atoms with Crippen LogP contribution in [0.15, 0.2) is 12.1 Å². The molecule has 3 nitrogen and oxygen atoms in total. The summed E-state index contributed by atoms with van der Waals surface area (Å²) in [5.74, 6) is 7.26. The molecule has 0 aromatic heterocycles. The van der Waals surface area contributed by atoms with Crippen LogP contribution in [0.5, 0.6) is 5.75 Å². The Kier molecular flexibility index (Phi) is 4.49. The Morgan fingerprint density at radius 3 is 2.89 bits per heavy atom. The molecule has 3 N–H and O–H groups in total. The minimum Gasteiger partial charge on any atom is -0.493 e. The van der Waals surface area contributed by atoms with Crippen LogP contribution in [0.25, 0.3) is 0 Å². The third kappa shape index (κ3) is 3.16. The highest BCUT2D eigenvalue weighted by atomic mass is 35.5. The molecule has 1 aromatic rings. The van der Waals surface area contributed by atoms with Gasteiger partial charge in [-0.1, -0.05) is 25.4 Å². The lowest BCUT2D eigenvalue weighted by Crippen LogP contribution is -2.37. The molecule has 0 bridgehead atoms. The molecule has 0 fully saturated rings. The predicted molar refractivity (Wildman–Crippen MR) is 74.9 cm³/mol. The number of hydrogen-bond acceptors (Lipinski definition) is 3. The number of nitrogens with two attached hydrogens (primary N) is 1. The van der Waals surface area contributed by atoms with Gasteiger partial charge in [-0.05, 0) is 42.0 Å². The number of hydrogen-bond donors (Lipinski definition) is 2. The number of rotatable bonds is 5. The Balaban J connectivity index is 2.18. The van der Waals surface area contributed by atoms with Crippen LogP contribution in [0.1, 0.15) is 31.4 Å². The van der Waals surface area contributed by atoms with Gasteiger partial charge in [-0.3, -0.25) is 11.3 Å². The molecule has 0 spiro atoms. The maximum atomic E-state index is 6.15. The summed E-state index contributed by atoms with van der Waals surface area (Å²) in [5, 5.41) is 0.787. The van der Waals surface area contributed by atoms with Crippen molar-refractivity contribution < 1.29 is 4.74 Å². The van der Waals surface area contributed by atoms with Gasteiger partial charge < -0.3 is 4.74 Å². The quantitative estimate of drug-likeness (QED) is 0.638. The summed E-state index contributed by atoms with van der Waals surface area (Å²) in [7, 11) is 0. The molecule has 0 saturated heterocycles. The molecule has 0 amide bonds.